The first-order valence-electron chi connectivity index (χ1n) is 19.4. The van der Waals surface area contributed by atoms with Crippen molar-refractivity contribution in [2.24, 2.45) is 0 Å². The van der Waals surface area contributed by atoms with E-state index in [1.54, 1.807) is 0 Å². The van der Waals surface area contributed by atoms with Crippen molar-refractivity contribution in [3.05, 3.63) is 225 Å². The Morgan fingerprint density at radius 2 is 0.724 bits per heavy atom. The summed E-state index contributed by atoms with van der Waals surface area (Å²) >= 11 is 6.40. The minimum absolute atomic E-state index is 0. The molecule has 8 aromatic carbocycles. The van der Waals surface area contributed by atoms with Gasteiger partial charge in [-0.15, -0.1) is 0 Å². The van der Waals surface area contributed by atoms with Gasteiger partial charge in [0.1, 0.15) is 0 Å². The van der Waals surface area contributed by atoms with Gasteiger partial charge in [0.15, 0.2) is 0 Å². The first-order chi connectivity index (χ1) is 28.2. The first-order valence-corrected chi connectivity index (χ1v) is 22.9. The normalized spacial score (nSPS) is 10.6. The van der Waals surface area contributed by atoms with E-state index >= 15 is 0 Å². The van der Waals surface area contributed by atoms with E-state index in [4.69, 9.17) is 11.2 Å². The molecule has 0 radical (unpaired) electrons. The van der Waals surface area contributed by atoms with Gasteiger partial charge >= 0.3 is 18.9 Å². The molecule has 6 heteroatoms. The Bertz CT molecular complexity index is 2550. The fourth-order valence-corrected chi connectivity index (χ4v) is 11.0. The predicted octanol–water partition coefficient (Wildman–Crippen LogP) is 10.9. The molecule has 0 atom stereocenters. The molecule has 0 spiro atoms. The van der Waals surface area contributed by atoms with Crippen molar-refractivity contribution in [2.45, 2.75) is 19.8 Å². The van der Waals surface area contributed by atoms with Crippen LogP contribution in [0.25, 0.3) is 43.6 Å². The third-order valence-corrected chi connectivity index (χ3v) is 14.6. The molecule has 58 heavy (non-hydrogen) atoms. The van der Waals surface area contributed by atoms with Gasteiger partial charge in [0.25, 0.3) is 0 Å². The van der Waals surface area contributed by atoms with Gasteiger partial charge in [-0.1, -0.05) is 219 Å². The number of halogens is 1. The Balaban J connectivity index is 0.000000150. The number of unbranched alkanes of at least 4 members (excludes halogenated alkanes) is 1. The number of H-pyrrole nitrogens is 1. The van der Waals surface area contributed by atoms with Gasteiger partial charge in [-0.25, -0.2) is 0 Å². The van der Waals surface area contributed by atoms with Crippen molar-refractivity contribution in [2.75, 3.05) is 0 Å². The zero-order valence-corrected chi connectivity index (χ0v) is 35.7. The summed E-state index contributed by atoms with van der Waals surface area (Å²) in [5.74, 6) is 0. The van der Waals surface area contributed by atoms with Crippen LogP contribution in [0.15, 0.2) is 218 Å². The maximum Gasteiger partial charge on any atom is 1.00 e. The molecule has 2 heterocycles. The van der Waals surface area contributed by atoms with E-state index in [1.165, 1.54) is 71.3 Å². The quantitative estimate of drug-likeness (QED) is 0.0982. The number of para-hydroxylation sites is 4. The first kappa shape index (κ1) is 42.7. The van der Waals surface area contributed by atoms with Crippen LogP contribution in [-0.4, -0.2) is 9.32 Å². The number of benzene rings is 8. The zero-order valence-electron chi connectivity index (χ0n) is 33.1. The average Bonchev–Trinajstić information content (AvgIpc) is 3.84. The summed E-state index contributed by atoms with van der Waals surface area (Å²) in [6.07, 6.45) is 2.28. The molecule has 0 amide bonds. The van der Waals surface area contributed by atoms with Crippen LogP contribution in [0.4, 0.5) is 0 Å². The van der Waals surface area contributed by atoms with E-state index in [2.05, 4.69) is 205 Å². The third-order valence-electron chi connectivity index (χ3n) is 9.49. The van der Waals surface area contributed by atoms with Crippen LogP contribution >= 0.6 is 26.6 Å². The SMILES string of the molecule is ClP(c1ccccc1)c1ccccc1.[CH2-]CCC.[Li+].c1ccc(P(c2ccccc2)n2c3ccccc3c3ccccc32)cc1.c1ccc2c(c1)[nH]c1ccccc12. The minimum Gasteiger partial charge on any atom is -0.355 e. The maximum atomic E-state index is 6.40. The summed E-state index contributed by atoms with van der Waals surface area (Å²) in [7, 11) is -1.39. The molecule has 0 aliphatic heterocycles. The van der Waals surface area contributed by atoms with Crippen LogP contribution < -0.4 is 40.1 Å². The largest absolute Gasteiger partial charge is 1.00 e. The number of rotatable bonds is 6. The Labute approximate surface area is 362 Å². The summed E-state index contributed by atoms with van der Waals surface area (Å²) in [5, 5.41) is 10.4. The van der Waals surface area contributed by atoms with Crippen LogP contribution in [-0.2, 0) is 0 Å². The van der Waals surface area contributed by atoms with E-state index in [-0.39, 0.29) is 18.9 Å². The van der Waals surface area contributed by atoms with Crippen molar-refractivity contribution >= 4 is 91.4 Å². The van der Waals surface area contributed by atoms with Gasteiger partial charge in [-0.2, -0.15) is 6.42 Å². The summed E-state index contributed by atoms with van der Waals surface area (Å²) in [6.45, 7) is 5.72. The Morgan fingerprint density at radius 1 is 0.431 bits per heavy atom. The Hall–Kier alpha value is -4.89. The maximum absolute atomic E-state index is 6.40. The molecule has 0 aliphatic rings. The van der Waals surface area contributed by atoms with Crippen molar-refractivity contribution < 1.29 is 18.9 Å². The molecule has 0 unspecified atom stereocenters. The van der Waals surface area contributed by atoms with E-state index in [1.807, 2.05) is 36.4 Å². The predicted molar refractivity (Wildman–Crippen MR) is 255 cm³/mol. The van der Waals surface area contributed by atoms with Crippen LogP contribution in [0.5, 0.6) is 0 Å². The summed E-state index contributed by atoms with van der Waals surface area (Å²) < 4.78 is 2.55. The molecule has 10 rings (SSSR count). The van der Waals surface area contributed by atoms with E-state index in [9.17, 15) is 0 Å². The Morgan fingerprint density at radius 3 is 1.09 bits per heavy atom. The van der Waals surface area contributed by atoms with Crippen molar-refractivity contribution in [1.82, 2.24) is 9.32 Å². The van der Waals surface area contributed by atoms with Crippen molar-refractivity contribution in [1.29, 1.82) is 0 Å². The van der Waals surface area contributed by atoms with Crippen LogP contribution in [0.1, 0.15) is 19.8 Å². The molecular formula is C52H46ClLiN2P2. The van der Waals surface area contributed by atoms with Gasteiger partial charge in [0.2, 0.25) is 0 Å². The number of nitrogens with one attached hydrogen (secondary N) is 1. The van der Waals surface area contributed by atoms with Gasteiger partial charge in [0.05, 0.1) is 26.4 Å². The molecular weight excluding hydrogens is 757 g/mol. The second-order valence-corrected chi connectivity index (χ2v) is 18.0. The number of aromatic nitrogens is 2. The number of nitrogens with zero attached hydrogens (tertiary/aromatic N) is 1. The number of hydrogen-bond donors (Lipinski definition) is 1. The summed E-state index contributed by atoms with van der Waals surface area (Å²) in [5.41, 5.74) is 5.02. The van der Waals surface area contributed by atoms with Gasteiger partial charge in [-0.05, 0) is 34.9 Å². The molecule has 2 aromatic heterocycles. The third kappa shape index (κ3) is 10.2. The van der Waals surface area contributed by atoms with E-state index in [0.717, 1.165) is 6.42 Å². The molecule has 0 fully saturated rings. The molecule has 0 saturated heterocycles. The molecule has 0 saturated carbocycles. The molecule has 0 aliphatic carbocycles. The minimum atomic E-state index is -0.699. The average molecular weight is 803 g/mol. The topological polar surface area (TPSA) is 20.7 Å². The molecule has 0 bridgehead atoms. The van der Waals surface area contributed by atoms with Gasteiger partial charge in [-0.3, -0.25) is 0 Å². The molecule has 1 N–H and O–H groups in total. The number of aromatic amines is 1. The van der Waals surface area contributed by atoms with Crippen LogP contribution in [0, 0.1) is 6.92 Å². The second-order valence-electron chi connectivity index (χ2n) is 13.4. The molecule has 2 nitrogen and oxygen atoms in total. The molecule has 10 aromatic rings. The summed E-state index contributed by atoms with van der Waals surface area (Å²) in [6, 6.07) is 76.4. The number of hydrogen-bond acceptors (Lipinski definition) is 0. The van der Waals surface area contributed by atoms with Gasteiger partial charge in [0, 0.05) is 43.2 Å². The molecule has 282 valence electrons. The fourth-order valence-electron chi connectivity index (χ4n) is 6.70. The van der Waals surface area contributed by atoms with E-state index < -0.39 is 15.3 Å². The number of fused-ring (bicyclic) bond motifs is 6. The Kier molecular flexibility index (Phi) is 16.0. The van der Waals surface area contributed by atoms with Crippen LogP contribution in [0.3, 0.4) is 0 Å². The fraction of sp³-hybridized carbons (Fsp3) is 0.0577. The zero-order chi connectivity index (χ0) is 39.2. The van der Waals surface area contributed by atoms with E-state index in [0.29, 0.717) is 0 Å². The second kappa shape index (κ2) is 21.7. The van der Waals surface area contributed by atoms with Gasteiger partial charge < -0.3 is 16.2 Å². The van der Waals surface area contributed by atoms with Crippen LogP contribution in [0.2, 0.25) is 0 Å². The van der Waals surface area contributed by atoms with Crippen molar-refractivity contribution in [3.63, 3.8) is 0 Å². The smallest absolute Gasteiger partial charge is 0.355 e. The monoisotopic (exact) mass is 802 g/mol. The standard InChI is InChI=1S/C24H18NP.C12H10ClP.C12H9N.C4H9.Li/c1-3-11-19(12-4-1)26(20-13-5-2-6-14-20)25-23-17-9-7-15-21(23)22-16-8-10-18-24(22)25;13-14(11-7-3-1-4-8-11)12-9-5-2-6-10-12;1-3-7-11-9(5-1)10-6-2-4-8-12(10)13-11;1-3-4-2;/h1-18H;1-10H;1-8,13H;1,3-4H2,2H3;/q;;;-1;+1. The summed E-state index contributed by atoms with van der Waals surface area (Å²) in [4.78, 5) is 3.38. The van der Waals surface area contributed by atoms with Crippen molar-refractivity contribution in [3.8, 4) is 0 Å².